The van der Waals surface area contributed by atoms with E-state index < -0.39 is 23.0 Å². The fourth-order valence-electron chi connectivity index (χ4n) is 2.29. The monoisotopic (exact) mass is 355 g/mol. The first-order valence-electron chi connectivity index (χ1n) is 7.23. The Bertz CT molecular complexity index is 889. The third-order valence-corrected chi connectivity index (χ3v) is 3.91. The Morgan fingerprint density at radius 1 is 1.21 bits per heavy atom. The molecule has 5 nitrogen and oxygen atoms in total. The number of fused-ring (bicyclic) bond motifs is 1. The van der Waals surface area contributed by atoms with Gasteiger partial charge in [0.25, 0.3) is 5.78 Å². The third-order valence-electron chi connectivity index (χ3n) is 3.64. The molecule has 2 aromatic heterocycles. The molecule has 0 bridgehead atoms. The molecule has 0 aliphatic rings. The molecular formula is C15H13ClF3N5. The summed E-state index contributed by atoms with van der Waals surface area (Å²) in [5.41, 5.74) is -0.512. The molecule has 3 aromatic rings. The fourth-order valence-corrected chi connectivity index (χ4v) is 2.55. The topological polar surface area (TPSA) is 55.1 Å². The van der Waals surface area contributed by atoms with Gasteiger partial charge in [0, 0.05) is 18.2 Å². The predicted molar refractivity (Wildman–Crippen MR) is 84.5 cm³/mol. The largest absolute Gasteiger partial charge is 0.367 e. The summed E-state index contributed by atoms with van der Waals surface area (Å²) in [7, 11) is 0. The first-order valence-corrected chi connectivity index (χ1v) is 7.60. The van der Waals surface area contributed by atoms with Crippen LogP contribution < -0.4 is 5.32 Å². The molecule has 1 unspecified atom stereocenters. The van der Waals surface area contributed by atoms with E-state index in [4.69, 9.17) is 11.6 Å². The van der Waals surface area contributed by atoms with Crippen LogP contribution in [-0.4, -0.2) is 25.6 Å². The maximum atomic E-state index is 14.3. The van der Waals surface area contributed by atoms with E-state index >= 15 is 0 Å². The van der Waals surface area contributed by atoms with Crippen molar-refractivity contribution >= 4 is 23.2 Å². The summed E-state index contributed by atoms with van der Waals surface area (Å²) in [6.07, 6.45) is 1.99. The van der Waals surface area contributed by atoms with Gasteiger partial charge in [-0.2, -0.15) is 19.6 Å². The molecule has 0 spiro atoms. The highest BCUT2D eigenvalue weighted by Crippen LogP contribution is 2.37. The van der Waals surface area contributed by atoms with Crippen molar-refractivity contribution in [3.05, 3.63) is 41.1 Å². The van der Waals surface area contributed by atoms with Crippen LogP contribution in [0.4, 0.5) is 19.0 Å². The summed E-state index contributed by atoms with van der Waals surface area (Å²) in [6.45, 7) is 3.83. The Morgan fingerprint density at radius 2 is 1.88 bits per heavy atom. The molecule has 0 saturated heterocycles. The van der Waals surface area contributed by atoms with Crippen LogP contribution in [0.25, 0.3) is 16.9 Å². The van der Waals surface area contributed by atoms with E-state index in [0.717, 1.165) is 6.42 Å². The lowest BCUT2D eigenvalue weighted by atomic mass is 10.1. The van der Waals surface area contributed by atoms with E-state index in [9.17, 15) is 13.2 Å². The number of halogens is 4. The van der Waals surface area contributed by atoms with Crippen molar-refractivity contribution in [3.8, 4) is 11.1 Å². The van der Waals surface area contributed by atoms with Crippen molar-refractivity contribution in [1.82, 2.24) is 19.6 Å². The lowest BCUT2D eigenvalue weighted by Gasteiger charge is -2.19. The van der Waals surface area contributed by atoms with Gasteiger partial charge in [0.15, 0.2) is 0 Å². The molecule has 1 atom stereocenters. The second-order valence-electron chi connectivity index (χ2n) is 5.30. The zero-order valence-corrected chi connectivity index (χ0v) is 13.6. The molecular weight excluding hydrogens is 343 g/mol. The minimum absolute atomic E-state index is 0.0371. The highest BCUT2D eigenvalue weighted by atomic mass is 35.5. The van der Waals surface area contributed by atoms with Gasteiger partial charge in [0.2, 0.25) is 0 Å². The number of aromatic nitrogens is 4. The van der Waals surface area contributed by atoms with Crippen LogP contribution in [-0.2, 0) is 0 Å². The molecule has 1 N–H and O–H groups in total. The van der Waals surface area contributed by atoms with Gasteiger partial charge in [-0.15, -0.1) is 0 Å². The third kappa shape index (κ3) is 2.77. The Balaban J connectivity index is 2.35. The van der Waals surface area contributed by atoms with Gasteiger partial charge in [-0.25, -0.2) is 13.2 Å². The number of anilines is 1. The van der Waals surface area contributed by atoms with E-state index in [0.29, 0.717) is 12.1 Å². The minimum Gasteiger partial charge on any atom is -0.367 e. The van der Waals surface area contributed by atoms with E-state index in [1.807, 2.05) is 13.8 Å². The average Bonchev–Trinajstić information content (AvgIpc) is 2.96. The van der Waals surface area contributed by atoms with E-state index in [1.54, 1.807) is 0 Å². The lowest BCUT2D eigenvalue weighted by molar-refractivity contribution is 0.548. The molecule has 0 aliphatic heterocycles. The van der Waals surface area contributed by atoms with Crippen molar-refractivity contribution in [1.29, 1.82) is 0 Å². The van der Waals surface area contributed by atoms with Gasteiger partial charge < -0.3 is 5.32 Å². The van der Waals surface area contributed by atoms with Gasteiger partial charge in [0.1, 0.15) is 34.7 Å². The average molecular weight is 356 g/mol. The van der Waals surface area contributed by atoms with Crippen molar-refractivity contribution in [2.75, 3.05) is 5.32 Å². The zero-order chi connectivity index (χ0) is 17.4. The number of rotatable bonds is 4. The van der Waals surface area contributed by atoms with E-state index in [2.05, 4.69) is 20.4 Å². The molecule has 0 amide bonds. The number of nitrogens with zero attached hydrogens (tertiary/aromatic N) is 4. The Morgan fingerprint density at radius 3 is 2.50 bits per heavy atom. The second kappa shape index (κ2) is 6.27. The van der Waals surface area contributed by atoms with Crippen LogP contribution in [0.2, 0.25) is 5.15 Å². The summed E-state index contributed by atoms with van der Waals surface area (Å²) < 4.78 is 43.0. The Kier molecular flexibility index (Phi) is 4.31. The van der Waals surface area contributed by atoms with Gasteiger partial charge in [-0.3, -0.25) is 0 Å². The molecule has 0 aliphatic carbocycles. The second-order valence-corrected chi connectivity index (χ2v) is 5.65. The summed E-state index contributed by atoms with van der Waals surface area (Å²) in [5.74, 6) is -2.76. The maximum absolute atomic E-state index is 14.3. The smallest absolute Gasteiger partial charge is 0.255 e. The minimum atomic E-state index is -1.08. The van der Waals surface area contributed by atoms with Crippen LogP contribution in [0.5, 0.6) is 0 Å². The molecule has 0 saturated carbocycles. The molecule has 0 fully saturated rings. The summed E-state index contributed by atoms with van der Waals surface area (Å²) >= 11 is 6.15. The molecule has 9 heteroatoms. The molecule has 2 heterocycles. The van der Waals surface area contributed by atoms with E-state index in [-0.39, 0.29) is 28.4 Å². The van der Waals surface area contributed by atoms with Crippen LogP contribution in [0.3, 0.4) is 0 Å². The number of nitrogens with one attached hydrogen (secondary N) is 1. The van der Waals surface area contributed by atoms with Gasteiger partial charge in [0.05, 0.1) is 11.1 Å². The standard InChI is InChI=1S/C15H13ClF3N5/c1-3-7(2)22-14-12(11-9(18)4-8(17)5-10(11)19)13(16)23-15-20-6-21-24(14)15/h4-7,22H,3H2,1-2H3. The van der Waals surface area contributed by atoms with Crippen molar-refractivity contribution in [2.24, 2.45) is 0 Å². The Hall–Kier alpha value is -2.35. The first kappa shape index (κ1) is 16.5. The van der Waals surface area contributed by atoms with Crippen molar-refractivity contribution in [2.45, 2.75) is 26.3 Å². The maximum Gasteiger partial charge on any atom is 0.255 e. The first-order chi connectivity index (χ1) is 11.4. The number of hydrogen-bond donors (Lipinski definition) is 1. The number of benzene rings is 1. The molecule has 3 rings (SSSR count). The van der Waals surface area contributed by atoms with Crippen LogP contribution in [0, 0.1) is 17.5 Å². The predicted octanol–water partition coefficient (Wildman–Crippen LogP) is 4.07. The van der Waals surface area contributed by atoms with Crippen molar-refractivity contribution in [3.63, 3.8) is 0 Å². The van der Waals surface area contributed by atoms with Crippen LogP contribution >= 0.6 is 11.6 Å². The highest BCUT2D eigenvalue weighted by molar-refractivity contribution is 6.33. The van der Waals surface area contributed by atoms with Gasteiger partial charge >= 0.3 is 0 Å². The summed E-state index contributed by atoms with van der Waals surface area (Å²) in [6, 6.07) is 1.14. The van der Waals surface area contributed by atoms with E-state index in [1.165, 1.54) is 10.8 Å². The SMILES string of the molecule is CCC(C)Nc1c(-c2c(F)cc(F)cc2F)c(Cl)nc2ncnn12. The molecule has 1 aromatic carbocycles. The zero-order valence-electron chi connectivity index (χ0n) is 12.8. The van der Waals surface area contributed by atoms with Crippen LogP contribution in [0.1, 0.15) is 20.3 Å². The highest BCUT2D eigenvalue weighted by Gasteiger charge is 2.24. The Labute approximate surface area is 140 Å². The summed E-state index contributed by atoms with van der Waals surface area (Å²) in [5, 5.41) is 6.96. The molecule has 0 radical (unpaired) electrons. The van der Waals surface area contributed by atoms with Crippen LogP contribution in [0.15, 0.2) is 18.5 Å². The molecule has 126 valence electrons. The number of hydrogen-bond acceptors (Lipinski definition) is 4. The normalized spacial score (nSPS) is 12.6. The fraction of sp³-hybridized carbons (Fsp3) is 0.267. The quantitative estimate of drug-likeness (QED) is 0.717. The lowest BCUT2D eigenvalue weighted by Crippen LogP contribution is -2.18. The van der Waals surface area contributed by atoms with Crippen molar-refractivity contribution < 1.29 is 13.2 Å². The molecule has 24 heavy (non-hydrogen) atoms. The van der Waals surface area contributed by atoms with Gasteiger partial charge in [-0.1, -0.05) is 18.5 Å². The summed E-state index contributed by atoms with van der Waals surface area (Å²) in [4.78, 5) is 7.93. The van der Waals surface area contributed by atoms with Gasteiger partial charge in [-0.05, 0) is 13.3 Å².